The molecule has 9 heteroatoms. The number of aromatic nitrogens is 2. The highest BCUT2D eigenvalue weighted by atomic mass is 35.5. The zero-order valence-electron chi connectivity index (χ0n) is 15.8. The number of hydrogen-bond acceptors (Lipinski definition) is 7. The van der Waals surface area contributed by atoms with Gasteiger partial charge in [0.15, 0.2) is 5.57 Å². The van der Waals surface area contributed by atoms with Crippen molar-refractivity contribution >= 4 is 29.2 Å². The van der Waals surface area contributed by atoms with Crippen LogP contribution < -0.4 is 0 Å². The Hall–Kier alpha value is -2.82. The van der Waals surface area contributed by atoms with Crippen LogP contribution in [0.2, 0.25) is 10.3 Å². The van der Waals surface area contributed by atoms with Crippen LogP contribution in [0.3, 0.4) is 0 Å². The molecular weight excluding hydrogens is 413 g/mol. The van der Waals surface area contributed by atoms with E-state index in [0.29, 0.717) is 42.3 Å². The standard InChI is InChI=1S/C20H19Cl2N5O2/c1-2-29-20(28)16(9-23)19-26(12-14-3-5-17(21)24-10-14)7-8-27(19)13-15-4-6-18(22)25-11-15/h3-6,10-11H,2,7-8,12-13H2,1H3. The normalized spacial score (nSPS) is 13.4. The van der Waals surface area contributed by atoms with Crippen molar-refractivity contribution in [2.75, 3.05) is 19.7 Å². The number of halogens is 2. The van der Waals surface area contributed by atoms with Gasteiger partial charge in [-0.2, -0.15) is 5.26 Å². The maximum atomic E-state index is 12.4. The van der Waals surface area contributed by atoms with Crippen molar-refractivity contribution in [1.29, 1.82) is 5.26 Å². The fraction of sp³-hybridized carbons (Fsp3) is 0.300. The number of nitriles is 1. The lowest BCUT2D eigenvalue weighted by atomic mass is 10.2. The maximum absolute atomic E-state index is 12.4. The molecule has 0 N–H and O–H groups in total. The van der Waals surface area contributed by atoms with Gasteiger partial charge < -0.3 is 14.5 Å². The Bertz CT molecular complexity index is 881. The lowest BCUT2D eigenvalue weighted by Gasteiger charge is -2.26. The topological polar surface area (TPSA) is 82.3 Å². The van der Waals surface area contributed by atoms with Gasteiger partial charge in [-0.15, -0.1) is 0 Å². The van der Waals surface area contributed by atoms with Gasteiger partial charge in [0, 0.05) is 38.6 Å². The molecule has 1 fully saturated rings. The van der Waals surface area contributed by atoms with Crippen LogP contribution in [0.5, 0.6) is 0 Å². The second kappa shape index (κ2) is 9.59. The maximum Gasteiger partial charge on any atom is 0.352 e. The number of pyridine rings is 2. The van der Waals surface area contributed by atoms with Crippen molar-refractivity contribution in [3.63, 3.8) is 0 Å². The highest BCUT2D eigenvalue weighted by Crippen LogP contribution is 2.27. The summed E-state index contributed by atoms with van der Waals surface area (Å²) in [7, 11) is 0. The quantitative estimate of drug-likeness (QED) is 0.300. The van der Waals surface area contributed by atoms with E-state index in [-0.39, 0.29) is 12.2 Å². The van der Waals surface area contributed by atoms with E-state index in [1.807, 2.05) is 28.0 Å². The number of carbonyl (C=O) groups excluding carboxylic acids is 1. The largest absolute Gasteiger partial charge is 0.462 e. The molecule has 3 rings (SSSR count). The van der Waals surface area contributed by atoms with E-state index in [4.69, 9.17) is 27.9 Å². The van der Waals surface area contributed by atoms with Gasteiger partial charge in [0.05, 0.1) is 6.61 Å². The first-order valence-corrected chi connectivity index (χ1v) is 9.79. The number of ether oxygens (including phenoxy) is 1. The van der Waals surface area contributed by atoms with E-state index in [2.05, 4.69) is 9.97 Å². The Labute approximate surface area is 179 Å². The monoisotopic (exact) mass is 431 g/mol. The predicted octanol–water partition coefficient (Wildman–Crippen LogP) is 3.40. The van der Waals surface area contributed by atoms with Crippen LogP contribution in [0.15, 0.2) is 48.1 Å². The summed E-state index contributed by atoms with van der Waals surface area (Å²) in [6.07, 6.45) is 3.37. The third-order valence-electron chi connectivity index (χ3n) is 4.38. The first-order chi connectivity index (χ1) is 14.0. The molecule has 0 amide bonds. The number of rotatable bonds is 6. The van der Waals surface area contributed by atoms with Gasteiger partial charge in [0.1, 0.15) is 22.2 Å². The molecule has 0 unspecified atom stereocenters. The predicted molar refractivity (Wildman–Crippen MR) is 109 cm³/mol. The zero-order chi connectivity index (χ0) is 20.8. The number of hydrogen-bond donors (Lipinski definition) is 0. The summed E-state index contributed by atoms with van der Waals surface area (Å²) in [6.45, 7) is 4.16. The van der Waals surface area contributed by atoms with Crippen LogP contribution in [-0.2, 0) is 22.6 Å². The lowest BCUT2D eigenvalue weighted by molar-refractivity contribution is -0.138. The van der Waals surface area contributed by atoms with Gasteiger partial charge in [-0.3, -0.25) is 0 Å². The summed E-state index contributed by atoms with van der Waals surface area (Å²) in [5.41, 5.74) is 1.82. The average Bonchev–Trinajstić information content (AvgIpc) is 3.08. The van der Waals surface area contributed by atoms with Gasteiger partial charge in [-0.05, 0) is 30.2 Å². The van der Waals surface area contributed by atoms with Crippen molar-refractivity contribution in [1.82, 2.24) is 19.8 Å². The second-order valence-corrected chi connectivity index (χ2v) is 7.13. The molecule has 150 valence electrons. The van der Waals surface area contributed by atoms with Crippen molar-refractivity contribution < 1.29 is 9.53 Å². The van der Waals surface area contributed by atoms with Crippen LogP contribution in [0.25, 0.3) is 0 Å². The third-order valence-corrected chi connectivity index (χ3v) is 4.83. The highest BCUT2D eigenvalue weighted by molar-refractivity contribution is 6.29. The number of nitrogens with zero attached hydrogens (tertiary/aromatic N) is 5. The molecule has 1 aliphatic rings. The molecular formula is C20H19Cl2N5O2. The Morgan fingerprint density at radius 3 is 1.97 bits per heavy atom. The van der Waals surface area contributed by atoms with Crippen molar-refractivity contribution in [2.45, 2.75) is 20.0 Å². The Balaban J connectivity index is 1.93. The van der Waals surface area contributed by atoms with Crippen molar-refractivity contribution in [2.24, 2.45) is 0 Å². The van der Waals surface area contributed by atoms with E-state index in [9.17, 15) is 10.1 Å². The molecule has 0 bridgehead atoms. The molecule has 2 aromatic rings. The minimum atomic E-state index is -0.634. The number of carbonyl (C=O) groups is 1. The lowest BCUT2D eigenvalue weighted by Crippen LogP contribution is -2.27. The van der Waals surface area contributed by atoms with E-state index in [1.54, 1.807) is 31.5 Å². The molecule has 3 heterocycles. The Kier molecular flexibility index (Phi) is 6.91. The van der Waals surface area contributed by atoms with Gasteiger partial charge in [0.2, 0.25) is 0 Å². The van der Waals surface area contributed by atoms with Gasteiger partial charge in [-0.25, -0.2) is 14.8 Å². The smallest absolute Gasteiger partial charge is 0.352 e. The summed E-state index contributed by atoms with van der Waals surface area (Å²) < 4.78 is 5.10. The van der Waals surface area contributed by atoms with E-state index >= 15 is 0 Å². The van der Waals surface area contributed by atoms with Crippen LogP contribution in [-0.4, -0.2) is 45.4 Å². The second-order valence-electron chi connectivity index (χ2n) is 6.35. The first kappa shape index (κ1) is 20.9. The van der Waals surface area contributed by atoms with Crippen LogP contribution in [0, 0.1) is 11.3 Å². The zero-order valence-corrected chi connectivity index (χ0v) is 17.3. The van der Waals surface area contributed by atoms with E-state index in [1.165, 1.54) is 0 Å². The summed E-state index contributed by atoms with van der Waals surface area (Å²) >= 11 is 11.7. The van der Waals surface area contributed by atoms with Crippen molar-refractivity contribution in [3.8, 4) is 6.07 Å². The molecule has 0 radical (unpaired) electrons. The fourth-order valence-electron chi connectivity index (χ4n) is 3.11. The molecule has 0 spiro atoms. The van der Waals surface area contributed by atoms with Gasteiger partial charge >= 0.3 is 5.97 Å². The number of esters is 1. The molecule has 7 nitrogen and oxygen atoms in total. The minimum Gasteiger partial charge on any atom is -0.462 e. The highest BCUT2D eigenvalue weighted by Gasteiger charge is 2.31. The first-order valence-electron chi connectivity index (χ1n) is 9.04. The molecule has 2 aromatic heterocycles. The van der Waals surface area contributed by atoms with E-state index < -0.39 is 5.97 Å². The molecule has 0 aliphatic carbocycles. The van der Waals surface area contributed by atoms with E-state index in [0.717, 1.165) is 11.1 Å². The average molecular weight is 432 g/mol. The van der Waals surface area contributed by atoms with Crippen molar-refractivity contribution in [3.05, 3.63) is 69.5 Å². The summed E-state index contributed by atoms with van der Waals surface area (Å²) in [6, 6.07) is 9.19. The molecule has 1 saturated heterocycles. The van der Waals surface area contributed by atoms with Gasteiger partial charge in [-0.1, -0.05) is 35.3 Å². The Morgan fingerprint density at radius 1 is 1.07 bits per heavy atom. The molecule has 1 aliphatic heterocycles. The summed E-state index contributed by atoms with van der Waals surface area (Å²) in [5, 5.41) is 10.5. The molecule has 29 heavy (non-hydrogen) atoms. The fourth-order valence-corrected chi connectivity index (χ4v) is 3.33. The SMILES string of the molecule is CCOC(=O)C(C#N)=C1N(Cc2ccc(Cl)nc2)CCN1Cc1ccc(Cl)nc1. The minimum absolute atomic E-state index is 0.0202. The molecule has 0 aromatic carbocycles. The van der Waals surface area contributed by atoms with Crippen LogP contribution >= 0.6 is 23.2 Å². The van der Waals surface area contributed by atoms with Crippen LogP contribution in [0.1, 0.15) is 18.1 Å². The summed E-state index contributed by atoms with van der Waals surface area (Å²) in [4.78, 5) is 24.6. The van der Waals surface area contributed by atoms with Crippen LogP contribution in [0.4, 0.5) is 0 Å². The van der Waals surface area contributed by atoms with Gasteiger partial charge in [0.25, 0.3) is 0 Å². The molecule has 0 atom stereocenters. The Morgan fingerprint density at radius 2 is 1.59 bits per heavy atom. The molecule has 0 saturated carbocycles. The summed E-state index contributed by atoms with van der Waals surface area (Å²) in [5.74, 6) is -0.0961. The third kappa shape index (κ3) is 5.17.